The highest BCUT2D eigenvalue weighted by atomic mass is 16.5. The molecule has 1 N–H and O–H groups in total. The average Bonchev–Trinajstić information content (AvgIpc) is 2.92. The van der Waals surface area contributed by atoms with Crippen molar-refractivity contribution in [2.45, 2.75) is 6.92 Å². The van der Waals surface area contributed by atoms with E-state index in [4.69, 9.17) is 4.74 Å². The molecule has 0 radical (unpaired) electrons. The number of nitrogens with zero attached hydrogens (tertiary/aromatic N) is 1. The molecule has 1 heterocycles. The highest BCUT2D eigenvalue weighted by Gasteiger charge is 2.05. The van der Waals surface area contributed by atoms with Gasteiger partial charge in [-0.15, -0.1) is 0 Å². The maximum Gasteiger partial charge on any atom is 0.279 e. The van der Waals surface area contributed by atoms with Gasteiger partial charge in [0.25, 0.3) is 5.56 Å². The van der Waals surface area contributed by atoms with Crippen molar-refractivity contribution in [2.75, 3.05) is 6.61 Å². The highest BCUT2D eigenvalue weighted by molar-refractivity contribution is 5.85. The lowest BCUT2D eigenvalue weighted by molar-refractivity contribution is -0.255. The van der Waals surface area contributed by atoms with Gasteiger partial charge in [0.2, 0.25) is 0 Å². The Morgan fingerprint density at radius 3 is 2.42 bits per heavy atom. The Hall–Kier alpha value is -3.54. The van der Waals surface area contributed by atoms with Crippen LogP contribution in [0.25, 0.3) is 18.3 Å². The fourth-order valence-corrected chi connectivity index (χ4v) is 2.57. The first-order valence-corrected chi connectivity index (χ1v) is 8.06. The van der Waals surface area contributed by atoms with E-state index in [0.29, 0.717) is 22.9 Å². The number of ether oxygens (including phenoxy) is 1. The molecule has 0 unspecified atom stereocenters. The molecule has 0 aliphatic carbocycles. The molecule has 6 nitrogen and oxygen atoms in total. The van der Waals surface area contributed by atoms with Gasteiger partial charge in [0.15, 0.2) is 0 Å². The summed E-state index contributed by atoms with van der Waals surface area (Å²) < 4.78 is 6.72. The van der Waals surface area contributed by atoms with Crippen LogP contribution in [0, 0.1) is 0 Å². The van der Waals surface area contributed by atoms with Crippen LogP contribution in [0.5, 0.6) is 5.75 Å². The maximum atomic E-state index is 12.7. The fourth-order valence-electron chi connectivity index (χ4n) is 2.57. The summed E-state index contributed by atoms with van der Waals surface area (Å²) >= 11 is 0. The van der Waals surface area contributed by atoms with E-state index in [1.165, 1.54) is 28.9 Å². The SMILES string of the molecule is C=c1[nH]n(-c2ccc(C(=O)[O-])cc2)c(=O)/c1=C/c1ccc(OCC)cc1. The number of carboxylic acid groups (broad SMARTS) is 1. The summed E-state index contributed by atoms with van der Waals surface area (Å²) in [6, 6.07) is 13.2. The second-order valence-electron chi connectivity index (χ2n) is 5.63. The molecule has 0 saturated heterocycles. The Balaban J connectivity index is 2.01. The normalized spacial score (nSPS) is 11.5. The van der Waals surface area contributed by atoms with Crippen LogP contribution in [0.2, 0.25) is 0 Å². The number of aromatic amines is 1. The third-order valence-corrected chi connectivity index (χ3v) is 3.87. The Morgan fingerprint density at radius 2 is 1.85 bits per heavy atom. The Labute approximate surface area is 149 Å². The largest absolute Gasteiger partial charge is 0.545 e. The quantitative estimate of drug-likeness (QED) is 0.711. The van der Waals surface area contributed by atoms with E-state index in [-0.39, 0.29) is 11.1 Å². The van der Waals surface area contributed by atoms with Gasteiger partial charge in [-0.1, -0.05) is 30.8 Å². The molecular formula is C20H17N2O4-. The molecule has 132 valence electrons. The summed E-state index contributed by atoms with van der Waals surface area (Å²) in [7, 11) is 0. The van der Waals surface area contributed by atoms with Crippen LogP contribution in [-0.2, 0) is 0 Å². The van der Waals surface area contributed by atoms with Gasteiger partial charge in [0.05, 0.1) is 28.8 Å². The number of carbonyl (C=O) groups excluding carboxylic acids is 1. The summed E-state index contributed by atoms with van der Waals surface area (Å²) in [5.41, 5.74) is 1.12. The molecule has 0 spiro atoms. The van der Waals surface area contributed by atoms with Gasteiger partial charge in [-0.3, -0.25) is 9.89 Å². The van der Waals surface area contributed by atoms with Crippen LogP contribution in [-0.4, -0.2) is 22.4 Å². The lowest BCUT2D eigenvalue weighted by atomic mass is 10.2. The van der Waals surface area contributed by atoms with E-state index in [0.717, 1.165) is 11.3 Å². The number of hydrogen-bond acceptors (Lipinski definition) is 4. The third-order valence-electron chi connectivity index (χ3n) is 3.87. The van der Waals surface area contributed by atoms with E-state index in [1.54, 1.807) is 6.08 Å². The first-order chi connectivity index (χ1) is 12.5. The molecule has 2 aromatic carbocycles. The van der Waals surface area contributed by atoms with Gasteiger partial charge in [-0.05, 0) is 48.4 Å². The number of aromatic nitrogens is 2. The van der Waals surface area contributed by atoms with Gasteiger partial charge >= 0.3 is 0 Å². The van der Waals surface area contributed by atoms with Crippen LogP contribution < -0.4 is 26.0 Å². The molecule has 1 aromatic heterocycles. The van der Waals surface area contributed by atoms with Crippen LogP contribution in [0.3, 0.4) is 0 Å². The fraction of sp³-hybridized carbons (Fsp3) is 0.100. The summed E-state index contributed by atoms with van der Waals surface area (Å²) in [5.74, 6) is -0.503. The Bertz CT molecular complexity index is 1090. The number of hydrogen-bond donors (Lipinski definition) is 1. The molecule has 0 aliphatic rings. The molecular weight excluding hydrogens is 332 g/mol. The minimum Gasteiger partial charge on any atom is -0.545 e. The van der Waals surface area contributed by atoms with Crippen molar-refractivity contribution in [3.63, 3.8) is 0 Å². The van der Waals surface area contributed by atoms with E-state index >= 15 is 0 Å². The zero-order valence-electron chi connectivity index (χ0n) is 14.2. The van der Waals surface area contributed by atoms with Gasteiger partial charge in [0.1, 0.15) is 5.75 Å². The van der Waals surface area contributed by atoms with Crippen molar-refractivity contribution in [3.05, 3.63) is 80.6 Å². The van der Waals surface area contributed by atoms with Crippen molar-refractivity contribution in [2.24, 2.45) is 0 Å². The van der Waals surface area contributed by atoms with Crippen LogP contribution in [0.1, 0.15) is 22.8 Å². The van der Waals surface area contributed by atoms with Gasteiger partial charge in [0, 0.05) is 0 Å². The predicted molar refractivity (Wildman–Crippen MR) is 96.7 cm³/mol. The Morgan fingerprint density at radius 1 is 1.19 bits per heavy atom. The number of carboxylic acids is 1. The van der Waals surface area contributed by atoms with Gasteiger partial charge in [-0.2, -0.15) is 0 Å². The first kappa shape index (κ1) is 17.3. The van der Waals surface area contributed by atoms with Crippen molar-refractivity contribution in [3.8, 4) is 11.4 Å². The first-order valence-electron chi connectivity index (χ1n) is 8.06. The molecule has 6 heteroatoms. The molecule has 0 fully saturated rings. The molecule has 26 heavy (non-hydrogen) atoms. The highest BCUT2D eigenvalue weighted by Crippen LogP contribution is 2.12. The number of carbonyl (C=O) groups is 1. The second-order valence-corrected chi connectivity index (χ2v) is 5.63. The zero-order chi connectivity index (χ0) is 18.7. The Kier molecular flexibility index (Phi) is 4.75. The lowest BCUT2D eigenvalue weighted by Crippen LogP contribution is -2.34. The number of nitrogens with one attached hydrogen (secondary N) is 1. The molecule has 0 bridgehead atoms. The van der Waals surface area contributed by atoms with E-state index in [2.05, 4.69) is 11.7 Å². The molecule has 3 aromatic rings. The minimum absolute atomic E-state index is 0.0457. The number of H-pyrrole nitrogens is 1. The minimum atomic E-state index is -1.27. The van der Waals surface area contributed by atoms with Gasteiger partial charge < -0.3 is 14.6 Å². The number of benzene rings is 2. The van der Waals surface area contributed by atoms with Gasteiger partial charge in [-0.25, -0.2) is 4.68 Å². The molecule has 0 amide bonds. The smallest absolute Gasteiger partial charge is 0.279 e. The van der Waals surface area contributed by atoms with E-state index < -0.39 is 5.97 Å². The second kappa shape index (κ2) is 7.14. The number of aromatic carboxylic acids is 1. The van der Waals surface area contributed by atoms with E-state index in [9.17, 15) is 14.7 Å². The summed E-state index contributed by atoms with van der Waals surface area (Å²) in [4.78, 5) is 23.5. The standard InChI is InChI=1S/C20H18N2O4/c1-3-26-17-10-4-14(5-11-17)12-18-13(2)21-22(19(18)23)16-8-6-15(7-9-16)20(24)25/h4-12,21H,2-3H2,1H3,(H,24,25)/p-1/b18-12+. The number of rotatable bonds is 5. The molecule has 3 rings (SSSR count). The maximum absolute atomic E-state index is 12.7. The topological polar surface area (TPSA) is 87.1 Å². The molecule has 0 saturated carbocycles. The van der Waals surface area contributed by atoms with Crippen LogP contribution in [0.15, 0.2) is 53.3 Å². The van der Waals surface area contributed by atoms with Crippen molar-refractivity contribution in [1.29, 1.82) is 0 Å². The summed E-state index contributed by atoms with van der Waals surface area (Å²) in [6.07, 6.45) is 1.74. The zero-order valence-corrected chi connectivity index (χ0v) is 14.2. The predicted octanol–water partition coefficient (Wildman–Crippen LogP) is 0.167. The molecule has 0 aliphatic heterocycles. The molecule has 0 atom stereocenters. The summed E-state index contributed by atoms with van der Waals surface area (Å²) in [5, 5.41) is 14.6. The lowest BCUT2D eigenvalue weighted by Gasteiger charge is -2.04. The van der Waals surface area contributed by atoms with Crippen molar-refractivity contribution >= 4 is 18.6 Å². The third kappa shape index (κ3) is 3.44. The summed E-state index contributed by atoms with van der Waals surface area (Å²) in [6.45, 7) is 6.38. The average molecular weight is 349 g/mol. The monoisotopic (exact) mass is 349 g/mol. The van der Waals surface area contributed by atoms with Crippen LogP contribution >= 0.6 is 0 Å². The van der Waals surface area contributed by atoms with Crippen molar-refractivity contribution < 1.29 is 14.6 Å². The van der Waals surface area contributed by atoms with Crippen LogP contribution in [0.4, 0.5) is 0 Å². The van der Waals surface area contributed by atoms with Crippen molar-refractivity contribution in [1.82, 2.24) is 9.78 Å². The van der Waals surface area contributed by atoms with E-state index in [1.807, 2.05) is 31.2 Å².